The molecule has 0 spiro atoms. The Morgan fingerprint density at radius 1 is 1.25 bits per heavy atom. The summed E-state index contributed by atoms with van der Waals surface area (Å²) >= 11 is -3.58. The highest BCUT2D eigenvalue weighted by atomic mass is 32.3. The van der Waals surface area contributed by atoms with Gasteiger partial charge in [0.05, 0.1) is 12.4 Å². The molecule has 0 atom stereocenters. The van der Waals surface area contributed by atoms with Crippen LogP contribution >= 0.6 is 11.1 Å². The van der Waals surface area contributed by atoms with Crippen molar-refractivity contribution in [1.29, 1.82) is 0 Å². The van der Waals surface area contributed by atoms with Gasteiger partial charge in [0.25, 0.3) is 0 Å². The summed E-state index contributed by atoms with van der Waals surface area (Å²) in [6.45, 7) is 0.252. The van der Waals surface area contributed by atoms with Crippen LogP contribution in [-0.4, -0.2) is 12.4 Å². The van der Waals surface area contributed by atoms with Gasteiger partial charge in [0.15, 0.2) is 11.1 Å². The highest BCUT2D eigenvalue weighted by molar-refractivity contribution is 8.21. The molecule has 1 rings (SSSR count). The minimum atomic E-state index is -3.58. The van der Waals surface area contributed by atoms with E-state index in [4.69, 9.17) is 0 Å². The summed E-state index contributed by atoms with van der Waals surface area (Å²) in [5.74, 6) is -0.0208. The van der Waals surface area contributed by atoms with E-state index in [1.54, 1.807) is 0 Å². The van der Waals surface area contributed by atoms with Crippen LogP contribution in [-0.2, 0) is 4.18 Å². The van der Waals surface area contributed by atoms with Crippen LogP contribution < -0.4 is 0 Å². The molecule has 0 aromatic carbocycles. The van der Waals surface area contributed by atoms with Crippen molar-refractivity contribution in [2.75, 3.05) is 12.4 Å². The third kappa shape index (κ3) is 1.59. The van der Waals surface area contributed by atoms with Gasteiger partial charge in [-0.3, -0.25) is 4.18 Å². The van der Waals surface area contributed by atoms with Crippen molar-refractivity contribution in [2.24, 2.45) is 0 Å². The fourth-order valence-electron chi connectivity index (χ4n) is 0.612. The van der Waals surface area contributed by atoms with Crippen LogP contribution in [0.4, 0.5) is 7.77 Å². The van der Waals surface area contributed by atoms with Gasteiger partial charge in [-0.15, -0.1) is 7.77 Å². The average molecular weight is 142 g/mol. The predicted octanol–water partition coefficient (Wildman–Crippen LogP) is 2.29. The smallest absolute Gasteiger partial charge is 0.171 e. The first kappa shape index (κ1) is 6.29. The maximum Gasteiger partial charge on any atom is 0.171 e. The van der Waals surface area contributed by atoms with Crippen molar-refractivity contribution in [3.63, 3.8) is 0 Å². The molecule has 0 unspecified atom stereocenters. The molecule has 50 valence electrons. The molecule has 4 heteroatoms. The van der Waals surface area contributed by atoms with Crippen molar-refractivity contribution >= 4 is 11.1 Å². The van der Waals surface area contributed by atoms with Crippen LogP contribution in [0.5, 0.6) is 0 Å². The van der Waals surface area contributed by atoms with E-state index >= 15 is 0 Å². The monoisotopic (exact) mass is 142 g/mol. The predicted molar refractivity (Wildman–Crippen MR) is 29.9 cm³/mol. The van der Waals surface area contributed by atoms with E-state index in [9.17, 15) is 7.77 Å². The van der Waals surface area contributed by atoms with Crippen LogP contribution in [0.15, 0.2) is 0 Å². The Bertz CT molecular complexity index is 78.1. The minimum absolute atomic E-state index is 0.0208. The molecule has 1 heterocycles. The van der Waals surface area contributed by atoms with Gasteiger partial charge in [0.2, 0.25) is 0 Å². The maximum absolute atomic E-state index is 12.1. The molecule has 0 saturated carbocycles. The molecular weight excluding hydrogens is 134 g/mol. The summed E-state index contributed by atoms with van der Waals surface area (Å²) in [4.78, 5) is 0. The lowest BCUT2D eigenvalue weighted by Gasteiger charge is -2.24. The van der Waals surface area contributed by atoms with Crippen molar-refractivity contribution in [3.8, 4) is 0 Å². The van der Waals surface area contributed by atoms with E-state index in [0.717, 1.165) is 6.42 Å². The zero-order valence-electron chi connectivity index (χ0n) is 4.40. The second kappa shape index (κ2) is 2.19. The third-order valence-electron chi connectivity index (χ3n) is 1.03. The molecule has 0 aromatic rings. The highest BCUT2D eigenvalue weighted by Gasteiger charge is 2.25. The van der Waals surface area contributed by atoms with Gasteiger partial charge >= 0.3 is 0 Å². The Morgan fingerprint density at radius 2 is 2.00 bits per heavy atom. The molecule has 1 nitrogen and oxygen atoms in total. The first-order valence-corrected chi connectivity index (χ1v) is 4.08. The van der Waals surface area contributed by atoms with Gasteiger partial charge in [0.1, 0.15) is 0 Å². The molecule has 1 aliphatic rings. The Labute approximate surface area is 49.1 Å². The summed E-state index contributed by atoms with van der Waals surface area (Å²) in [7, 11) is 0. The lowest BCUT2D eigenvalue weighted by molar-refractivity contribution is 0.286. The lowest BCUT2D eigenvalue weighted by Crippen LogP contribution is -2.07. The van der Waals surface area contributed by atoms with E-state index in [0.29, 0.717) is 6.42 Å². The Kier molecular flexibility index (Phi) is 1.72. The van der Waals surface area contributed by atoms with Crippen molar-refractivity contribution in [2.45, 2.75) is 12.8 Å². The van der Waals surface area contributed by atoms with Gasteiger partial charge in [-0.1, -0.05) is 0 Å². The van der Waals surface area contributed by atoms with Gasteiger partial charge in [-0.05, 0) is 12.8 Å². The minimum Gasteiger partial charge on any atom is -0.286 e. The SMILES string of the molecule is FS1(F)CCCCO1. The van der Waals surface area contributed by atoms with Crippen LogP contribution in [0.2, 0.25) is 0 Å². The van der Waals surface area contributed by atoms with Crippen molar-refractivity contribution in [3.05, 3.63) is 0 Å². The normalized spacial score (nSPS) is 31.8. The van der Waals surface area contributed by atoms with E-state index in [2.05, 4.69) is 4.18 Å². The third-order valence-corrected chi connectivity index (χ3v) is 2.31. The van der Waals surface area contributed by atoms with Gasteiger partial charge in [0, 0.05) is 0 Å². The fourth-order valence-corrected chi connectivity index (χ4v) is 1.63. The molecule has 0 bridgehead atoms. The van der Waals surface area contributed by atoms with Crippen molar-refractivity contribution < 1.29 is 12.0 Å². The first-order valence-electron chi connectivity index (χ1n) is 2.55. The molecule has 1 aliphatic heterocycles. The Morgan fingerprint density at radius 3 is 2.25 bits per heavy atom. The molecular formula is C4H8F2OS. The highest BCUT2D eigenvalue weighted by Crippen LogP contribution is 2.55. The molecule has 0 N–H and O–H groups in total. The molecule has 1 fully saturated rings. The number of rotatable bonds is 0. The second-order valence-electron chi connectivity index (χ2n) is 1.75. The summed E-state index contributed by atoms with van der Waals surface area (Å²) in [6.07, 6.45) is 1.42. The standard InChI is InChI=1S/C4H8F2OS/c5-8(6)4-2-1-3-7-8/h1-4H2. The Hall–Kier alpha value is 0.170. The molecule has 0 aliphatic carbocycles. The lowest BCUT2D eigenvalue weighted by atomic mass is 10.4. The van der Waals surface area contributed by atoms with E-state index in [1.807, 2.05) is 0 Å². The Balaban J connectivity index is 2.33. The molecule has 1 saturated heterocycles. The van der Waals surface area contributed by atoms with Crippen LogP contribution in [0.3, 0.4) is 0 Å². The van der Waals surface area contributed by atoms with Gasteiger partial charge < -0.3 is 0 Å². The van der Waals surface area contributed by atoms with Gasteiger partial charge in [-0.2, -0.15) is 0 Å². The zero-order chi connectivity index (χ0) is 6.04. The maximum atomic E-state index is 12.1. The zero-order valence-corrected chi connectivity index (χ0v) is 5.22. The van der Waals surface area contributed by atoms with E-state index in [1.165, 1.54) is 0 Å². The van der Waals surface area contributed by atoms with Crippen molar-refractivity contribution in [1.82, 2.24) is 0 Å². The van der Waals surface area contributed by atoms with Gasteiger partial charge in [-0.25, -0.2) is 0 Å². The topological polar surface area (TPSA) is 9.23 Å². The first-order chi connectivity index (χ1) is 3.71. The number of halogens is 2. The molecule has 8 heavy (non-hydrogen) atoms. The summed E-state index contributed by atoms with van der Waals surface area (Å²) < 4.78 is 28.3. The number of hydrogen-bond donors (Lipinski definition) is 0. The largest absolute Gasteiger partial charge is 0.286 e. The van der Waals surface area contributed by atoms with E-state index < -0.39 is 11.1 Å². The van der Waals surface area contributed by atoms with Crippen LogP contribution in [0, 0.1) is 0 Å². The molecule has 0 amide bonds. The molecule has 0 radical (unpaired) electrons. The molecule has 0 aromatic heterocycles. The quantitative estimate of drug-likeness (QED) is 0.504. The number of hydrogen-bond acceptors (Lipinski definition) is 1. The van der Waals surface area contributed by atoms with Crippen LogP contribution in [0.1, 0.15) is 12.8 Å². The second-order valence-corrected chi connectivity index (χ2v) is 3.44. The summed E-state index contributed by atoms with van der Waals surface area (Å²) in [6, 6.07) is 0. The summed E-state index contributed by atoms with van der Waals surface area (Å²) in [5.41, 5.74) is 0. The average Bonchev–Trinajstić information content (AvgIpc) is 1.65. The van der Waals surface area contributed by atoms with Crippen LogP contribution in [0.25, 0.3) is 0 Å². The summed E-state index contributed by atoms with van der Waals surface area (Å²) in [5, 5.41) is 0. The fraction of sp³-hybridized carbons (Fsp3) is 1.00. The van der Waals surface area contributed by atoms with E-state index in [-0.39, 0.29) is 12.4 Å².